The maximum absolute atomic E-state index is 12.6. The van der Waals surface area contributed by atoms with Gasteiger partial charge in [0.1, 0.15) is 6.54 Å². The van der Waals surface area contributed by atoms with Crippen molar-refractivity contribution in [3.05, 3.63) is 51.3 Å². The van der Waals surface area contributed by atoms with E-state index in [1.807, 2.05) is 22.8 Å². The van der Waals surface area contributed by atoms with Crippen LogP contribution in [0.3, 0.4) is 0 Å². The van der Waals surface area contributed by atoms with Gasteiger partial charge in [0.05, 0.1) is 6.61 Å². The van der Waals surface area contributed by atoms with Crippen LogP contribution in [-0.4, -0.2) is 23.1 Å². The van der Waals surface area contributed by atoms with Crippen LogP contribution in [0.15, 0.2) is 35.3 Å². The van der Waals surface area contributed by atoms with Gasteiger partial charge in [-0.3, -0.25) is 9.59 Å². The van der Waals surface area contributed by atoms with E-state index in [0.717, 1.165) is 25.0 Å². The Hall–Kier alpha value is -2.21. The first-order valence-electron chi connectivity index (χ1n) is 9.80. The summed E-state index contributed by atoms with van der Waals surface area (Å²) in [5, 5.41) is 0. The third-order valence-electron chi connectivity index (χ3n) is 5.29. The molecule has 1 aliphatic rings. The van der Waals surface area contributed by atoms with E-state index in [4.69, 9.17) is 4.74 Å². The number of thiazole rings is 1. The zero-order valence-corrected chi connectivity index (χ0v) is 17.8. The number of hydrogen-bond donors (Lipinski definition) is 0. The van der Waals surface area contributed by atoms with Crippen LogP contribution in [0.5, 0.6) is 0 Å². The zero-order valence-electron chi connectivity index (χ0n) is 17.0. The van der Waals surface area contributed by atoms with Crippen LogP contribution in [0.25, 0.3) is 0 Å². The fourth-order valence-electron chi connectivity index (χ4n) is 3.61. The van der Waals surface area contributed by atoms with E-state index >= 15 is 0 Å². The topological polar surface area (TPSA) is 60.7 Å². The highest BCUT2D eigenvalue weighted by atomic mass is 32.1. The molecule has 28 heavy (non-hydrogen) atoms. The second-order valence-electron chi connectivity index (χ2n) is 8.23. The Morgan fingerprint density at radius 2 is 1.96 bits per heavy atom. The number of rotatable bonds is 4. The van der Waals surface area contributed by atoms with Crippen molar-refractivity contribution in [1.82, 2.24) is 4.57 Å². The molecule has 0 saturated heterocycles. The molecule has 1 atom stereocenters. The molecule has 1 amide bonds. The molecule has 5 nitrogen and oxygen atoms in total. The molecule has 0 radical (unpaired) electrons. The fourth-order valence-corrected chi connectivity index (χ4v) is 4.86. The number of fused-ring (bicyclic) bond motifs is 1. The molecule has 0 aliphatic heterocycles. The average molecular weight is 401 g/mol. The Morgan fingerprint density at radius 3 is 2.61 bits per heavy atom. The standard InChI is InChI=1S/C22H28N2O3S/c1-5-27-19(25)14-24-17-12-11-16(22(2,3)4)13-18(17)28-21(24)23-20(26)15-9-7-6-8-10-15/h6-10,16H,5,11-14H2,1-4H3. The molecule has 0 spiro atoms. The molecule has 1 aliphatic carbocycles. The summed E-state index contributed by atoms with van der Waals surface area (Å²) in [6.07, 6.45) is 2.92. The summed E-state index contributed by atoms with van der Waals surface area (Å²) >= 11 is 1.53. The summed E-state index contributed by atoms with van der Waals surface area (Å²) in [5.74, 6) is -0.00815. The molecule has 1 heterocycles. The molecule has 1 unspecified atom stereocenters. The number of carbonyl (C=O) groups excluding carboxylic acids is 2. The van der Waals surface area contributed by atoms with Crippen molar-refractivity contribution in [2.24, 2.45) is 16.3 Å². The predicted molar refractivity (Wildman–Crippen MR) is 110 cm³/mol. The van der Waals surface area contributed by atoms with Crippen LogP contribution < -0.4 is 4.80 Å². The highest BCUT2D eigenvalue weighted by Crippen LogP contribution is 2.38. The molecule has 3 rings (SSSR count). The lowest BCUT2D eigenvalue weighted by Gasteiger charge is -2.33. The predicted octanol–water partition coefficient (Wildman–Crippen LogP) is 4.00. The number of ether oxygens (including phenoxy) is 1. The van der Waals surface area contributed by atoms with E-state index in [1.165, 1.54) is 16.2 Å². The molecule has 0 N–H and O–H groups in total. The van der Waals surface area contributed by atoms with E-state index in [1.54, 1.807) is 19.1 Å². The van der Waals surface area contributed by atoms with Crippen molar-refractivity contribution in [1.29, 1.82) is 0 Å². The number of nitrogens with zero attached hydrogens (tertiary/aromatic N) is 2. The molecular weight excluding hydrogens is 372 g/mol. The largest absolute Gasteiger partial charge is 0.465 e. The van der Waals surface area contributed by atoms with Crippen LogP contribution >= 0.6 is 11.3 Å². The van der Waals surface area contributed by atoms with Crippen molar-refractivity contribution in [3.63, 3.8) is 0 Å². The molecular formula is C22H28N2O3S. The molecule has 2 aromatic rings. The minimum atomic E-state index is -0.297. The van der Waals surface area contributed by atoms with Crippen LogP contribution in [0.2, 0.25) is 0 Å². The summed E-state index contributed by atoms with van der Waals surface area (Å²) in [5.41, 5.74) is 1.90. The molecule has 0 saturated carbocycles. The van der Waals surface area contributed by atoms with Gasteiger partial charge in [-0.2, -0.15) is 4.99 Å². The first kappa shape index (κ1) is 20.5. The second kappa shape index (κ2) is 8.43. The van der Waals surface area contributed by atoms with Gasteiger partial charge in [-0.15, -0.1) is 11.3 Å². The lowest BCUT2D eigenvalue weighted by atomic mass is 9.73. The SMILES string of the molecule is CCOC(=O)Cn1c2c(sc1=NC(=O)c1ccccc1)CC(C(C)(C)C)CC2. The van der Waals surface area contributed by atoms with Crippen molar-refractivity contribution < 1.29 is 14.3 Å². The Labute approximate surface area is 170 Å². The van der Waals surface area contributed by atoms with Crippen molar-refractivity contribution in [2.45, 2.75) is 53.5 Å². The van der Waals surface area contributed by atoms with Crippen molar-refractivity contribution >= 4 is 23.2 Å². The normalized spacial score (nSPS) is 17.3. The summed E-state index contributed by atoms with van der Waals surface area (Å²) < 4.78 is 7.03. The average Bonchev–Trinajstić information content (AvgIpc) is 2.98. The third kappa shape index (κ3) is 4.61. The van der Waals surface area contributed by atoms with E-state index < -0.39 is 0 Å². The van der Waals surface area contributed by atoms with Crippen molar-refractivity contribution in [3.8, 4) is 0 Å². The van der Waals surface area contributed by atoms with Gasteiger partial charge in [0.2, 0.25) is 0 Å². The van der Waals surface area contributed by atoms with Gasteiger partial charge in [0, 0.05) is 16.1 Å². The first-order chi connectivity index (χ1) is 13.3. The minimum Gasteiger partial charge on any atom is -0.465 e. The van der Waals surface area contributed by atoms with Gasteiger partial charge in [-0.05, 0) is 49.7 Å². The van der Waals surface area contributed by atoms with Gasteiger partial charge in [0.25, 0.3) is 5.91 Å². The number of hydrogen-bond acceptors (Lipinski definition) is 4. The number of aromatic nitrogens is 1. The maximum atomic E-state index is 12.6. The Balaban J connectivity index is 2.01. The number of esters is 1. The number of benzene rings is 1. The third-order valence-corrected chi connectivity index (χ3v) is 6.43. The monoisotopic (exact) mass is 400 g/mol. The van der Waals surface area contributed by atoms with E-state index in [0.29, 0.717) is 22.9 Å². The van der Waals surface area contributed by atoms with E-state index in [9.17, 15) is 9.59 Å². The van der Waals surface area contributed by atoms with Crippen LogP contribution in [-0.2, 0) is 28.9 Å². The molecule has 6 heteroatoms. The molecule has 0 fully saturated rings. The maximum Gasteiger partial charge on any atom is 0.326 e. The number of amides is 1. The van der Waals surface area contributed by atoms with Gasteiger partial charge in [0.15, 0.2) is 4.80 Å². The smallest absolute Gasteiger partial charge is 0.326 e. The van der Waals surface area contributed by atoms with Crippen LogP contribution in [0.1, 0.15) is 55.0 Å². The fraction of sp³-hybridized carbons (Fsp3) is 0.500. The summed E-state index contributed by atoms with van der Waals surface area (Å²) in [6.45, 7) is 9.05. The summed E-state index contributed by atoms with van der Waals surface area (Å²) in [6, 6.07) is 9.02. The summed E-state index contributed by atoms with van der Waals surface area (Å²) in [7, 11) is 0. The highest BCUT2D eigenvalue weighted by molar-refractivity contribution is 7.09. The quantitative estimate of drug-likeness (QED) is 0.729. The molecule has 1 aromatic carbocycles. The molecule has 0 bridgehead atoms. The van der Waals surface area contributed by atoms with Gasteiger partial charge < -0.3 is 9.30 Å². The van der Waals surface area contributed by atoms with E-state index in [2.05, 4.69) is 25.8 Å². The highest BCUT2D eigenvalue weighted by Gasteiger charge is 2.31. The molecule has 1 aromatic heterocycles. The number of carbonyl (C=O) groups is 2. The Morgan fingerprint density at radius 1 is 1.25 bits per heavy atom. The molecule has 150 valence electrons. The van der Waals surface area contributed by atoms with Gasteiger partial charge in [-0.25, -0.2) is 0 Å². The van der Waals surface area contributed by atoms with Gasteiger partial charge >= 0.3 is 5.97 Å². The van der Waals surface area contributed by atoms with Crippen molar-refractivity contribution in [2.75, 3.05) is 6.61 Å². The Bertz CT molecular complexity index is 919. The lowest BCUT2D eigenvalue weighted by molar-refractivity contribution is -0.143. The van der Waals surface area contributed by atoms with Gasteiger partial charge in [-0.1, -0.05) is 39.0 Å². The van der Waals surface area contributed by atoms with Crippen LogP contribution in [0.4, 0.5) is 0 Å². The Kier molecular flexibility index (Phi) is 6.18. The second-order valence-corrected chi connectivity index (χ2v) is 9.30. The minimum absolute atomic E-state index is 0.0980. The van der Waals surface area contributed by atoms with Crippen LogP contribution in [0, 0.1) is 11.3 Å². The first-order valence-corrected chi connectivity index (χ1v) is 10.6. The summed E-state index contributed by atoms with van der Waals surface area (Å²) in [4.78, 5) is 31.0. The zero-order chi connectivity index (χ0) is 20.3. The lowest BCUT2D eigenvalue weighted by Crippen LogP contribution is -2.29. The van der Waals surface area contributed by atoms with E-state index in [-0.39, 0.29) is 23.8 Å².